The van der Waals surface area contributed by atoms with E-state index in [4.69, 9.17) is 4.74 Å². The van der Waals surface area contributed by atoms with Gasteiger partial charge in [-0.05, 0) is 36.1 Å². The molecule has 0 aromatic heterocycles. The Morgan fingerprint density at radius 1 is 1.07 bits per heavy atom. The van der Waals surface area contributed by atoms with Gasteiger partial charge in [-0.2, -0.15) is 0 Å². The van der Waals surface area contributed by atoms with Crippen molar-refractivity contribution in [1.82, 2.24) is 4.90 Å². The van der Waals surface area contributed by atoms with E-state index in [9.17, 15) is 14.7 Å². The van der Waals surface area contributed by atoms with E-state index in [1.54, 1.807) is 4.90 Å². The van der Waals surface area contributed by atoms with E-state index in [2.05, 4.69) is 0 Å². The topological polar surface area (TPSA) is 66.8 Å². The van der Waals surface area contributed by atoms with Gasteiger partial charge in [-0.25, -0.2) is 4.79 Å². The number of carbonyl (C=O) groups is 2. The molecule has 6 heteroatoms. The molecule has 1 saturated heterocycles. The molecule has 2 unspecified atom stereocenters. The second-order valence-electron chi connectivity index (χ2n) is 7.26. The Balaban J connectivity index is 1.47. The molecule has 1 heterocycles. The molecule has 1 aliphatic heterocycles. The van der Waals surface area contributed by atoms with Crippen molar-refractivity contribution in [2.75, 3.05) is 5.75 Å². The van der Waals surface area contributed by atoms with E-state index in [-0.39, 0.29) is 17.2 Å². The second kappa shape index (κ2) is 8.27. The summed E-state index contributed by atoms with van der Waals surface area (Å²) in [6.07, 6.45) is 2.78. The third-order valence-electron chi connectivity index (χ3n) is 5.41. The number of hydrogen-bond acceptors (Lipinski definition) is 4. The largest absolute Gasteiger partial charge is 0.489 e. The molecule has 4 rings (SSSR count). The molecule has 28 heavy (non-hydrogen) atoms. The zero-order valence-electron chi connectivity index (χ0n) is 15.5. The molecule has 2 atom stereocenters. The first-order valence-electron chi connectivity index (χ1n) is 9.57. The summed E-state index contributed by atoms with van der Waals surface area (Å²) >= 11 is 1.52. The maximum atomic E-state index is 12.9. The second-order valence-corrected chi connectivity index (χ2v) is 8.37. The van der Waals surface area contributed by atoms with Gasteiger partial charge in [0.25, 0.3) is 0 Å². The lowest BCUT2D eigenvalue weighted by Gasteiger charge is -2.34. The summed E-state index contributed by atoms with van der Waals surface area (Å²) in [6, 6.07) is 16.8. The van der Waals surface area contributed by atoms with Crippen LogP contribution < -0.4 is 4.74 Å². The van der Waals surface area contributed by atoms with Crippen LogP contribution in [0.2, 0.25) is 0 Å². The van der Waals surface area contributed by atoms with E-state index >= 15 is 0 Å². The molecule has 1 N–H and O–H groups in total. The number of nitrogens with zero attached hydrogens (tertiary/aromatic N) is 1. The zero-order valence-corrected chi connectivity index (χ0v) is 16.3. The number of benzene rings is 2. The van der Waals surface area contributed by atoms with Gasteiger partial charge in [0.2, 0.25) is 5.91 Å². The van der Waals surface area contributed by atoms with E-state index in [1.807, 2.05) is 54.6 Å². The monoisotopic (exact) mass is 397 g/mol. The SMILES string of the molecule is O=C(O)C1CSC(c2ccc(OCc3ccccc3)cc2)N1C(=O)C1CCC1. The lowest BCUT2D eigenvalue weighted by atomic mass is 9.84. The number of aliphatic carboxylic acids is 1. The molecule has 2 aromatic rings. The molecule has 0 radical (unpaired) electrons. The molecular weight excluding hydrogens is 374 g/mol. The highest BCUT2D eigenvalue weighted by atomic mass is 32.2. The van der Waals surface area contributed by atoms with Crippen molar-refractivity contribution >= 4 is 23.6 Å². The molecule has 5 nitrogen and oxygen atoms in total. The molecule has 2 fully saturated rings. The van der Waals surface area contributed by atoms with Crippen LogP contribution in [0.15, 0.2) is 54.6 Å². The van der Waals surface area contributed by atoms with Crippen LogP contribution in [0.5, 0.6) is 5.75 Å². The Hall–Kier alpha value is -2.47. The molecule has 2 aromatic carbocycles. The van der Waals surface area contributed by atoms with Crippen molar-refractivity contribution in [3.63, 3.8) is 0 Å². The van der Waals surface area contributed by atoms with Crippen molar-refractivity contribution in [3.05, 3.63) is 65.7 Å². The lowest BCUT2D eigenvalue weighted by Crippen LogP contribution is -2.46. The number of rotatable bonds is 6. The van der Waals surface area contributed by atoms with E-state index in [0.717, 1.165) is 36.1 Å². The number of carboxylic acids is 1. The van der Waals surface area contributed by atoms with Gasteiger partial charge in [0.1, 0.15) is 23.8 Å². The lowest BCUT2D eigenvalue weighted by molar-refractivity contribution is -0.152. The first-order chi connectivity index (χ1) is 13.6. The molecule has 1 saturated carbocycles. The van der Waals surface area contributed by atoms with E-state index < -0.39 is 12.0 Å². The van der Waals surface area contributed by atoms with Crippen LogP contribution in [0.25, 0.3) is 0 Å². The Morgan fingerprint density at radius 2 is 1.79 bits per heavy atom. The Labute approximate surface area is 168 Å². The minimum atomic E-state index is -0.925. The summed E-state index contributed by atoms with van der Waals surface area (Å²) < 4.78 is 5.83. The number of amides is 1. The number of hydrogen-bond donors (Lipinski definition) is 1. The summed E-state index contributed by atoms with van der Waals surface area (Å²) in [6.45, 7) is 0.492. The van der Waals surface area contributed by atoms with Crippen LogP contribution in [-0.4, -0.2) is 33.7 Å². The first-order valence-corrected chi connectivity index (χ1v) is 10.6. The predicted molar refractivity (Wildman–Crippen MR) is 108 cm³/mol. The van der Waals surface area contributed by atoms with Gasteiger partial charge in [-0.1, -0.05) is 48.9 Å². The quantitative estimate of drug-likeness (QED) is 0.795. The first kappa shape index (κ1) is 18.9. The van der Waals surface area contributed by atoms with Crippen LogP contribution in [0.1, 0.15) is 35.8 Å². The van der Waals surface area contributed by atoms with Gasteiger partial charge >= 0.3 is 5.97 Å². The molecule has 1 aliphatic carbocycles. The highest BCUT2D eigenvalue weighted by Crippen LogP contribution is 2.44. The van der Waals surface area contributed by atoms with Gasteiger partial charge in [-0.3, -0.25) is 4.79 Å². The smallest absolute Gasteiger partial charge is 0.327 e. The molecule has 2 aliphatic rings. The van der Waals surface area contributed by atoms with Crippen molar-refractivity contribution in [2.24, 2.45) is 5.92 Å². The summed E-state index contributed by atoms with van der Waals surface area (Å²) in [4.78, 5) is 26.1. The van der Waals surface area contributed by atoms with Crippen molar-refractivity contribution in [3.8, 4) is 5.75 Å². The highest BCUT2D eigenvalue weighted by molar-refractivity contribution is 7.99. The van der Waals surface area contributed by atoms with Gasteiger partial charge in [0.05, 0.1) is 0 Å². The predicted octanol–water partition coefficient (Wildman–Crippen LogP) is 4.09. The van der Waals surface area contributed by atoms with Crippen LogP contribution in [0.4, 0.5) is 0 Å². The standard InChI is InChI=1S/C22H23NO4S/c24-20(16-7-4-8-16)23-19(22(25)26)14-28-21(23)17-9-11-18(12-10-17)27-13-15-5-2-1-3-6-15/h1-3,5-6,9-12,16,19,21H,4,7-8,13-14H2,(H,25,26). The maximum absolute atomic E-state index is 12.9. The minimum absolute atomic E-state index is 0.0157. The van der Waals surface area contributed by atoms with E-state index in [1.165, 1.54) is 11.8 Å². The molecular formula is C22H23NO4S. The Kier molecular flexibility index (Phi) is 5.57. The fraction of sp³-hybridized carbons (Fsp3) is 0.364. The van der Waals surface area contributed by atoms with E-state index in [0.29, 0.717) is 12.4 Å². The maximum Gasteiger partial charge on any atom is 0.327 e. The fourth-order valence-corrected chi connectivity index (χ4v) is 4.99. The fourth-order valence-electron chi connectivity index (χ4n) is 3.56. The van der Waals surface area contributed by atoms with Crippen molar-refractivity contribution in [2.45, 2.75) is 37.3 Å². The minimum Gasteiger partial charge on any atom is -0.489 e. The zero-order chi connectivity index (χ0) is 19.5. The number of carbonyl (C=O) groups excluding carboxylic acids is 1. The third kappa shape index (κ3) is 3.87. The summed E-state index contributed by atoms with van der Waals surface area (Å²) in [7, 11) is 0. The summed E-state index contributed by atoms with van der Waals surface area (Å²) in [5.74, 6) is 0.215. The van der Waals surface area contributed by atoms with Gasteiger partial charge in [0.15, 0.2) is 0 Å². The average molecular weight is 397 g/mol. The normalized spacial score (nSPS) is 21.9. The van der Waals surface area contributed by atoms with Gasteiger partial charge in [-0.15, -0.1) is 11.8 Å². The van der Waals surface area contributed by atoms with Gasteiger partial charge in [0, 0.05) is 11.7 Å². The molecule has 1 amide bonds. The Morgan fingerprint density at radius 3 is 2.39 bits per heavy atom. The Bertz CT molecular complexity index is 835. The molecule has 146 valence electrons. The highest BCUT2D eigenvalue weighted by Gasteiger charge is 2.45. The van der Waals surface area contributed by atoms with Crippen LogP contribution >= 0.6 is 11.8 Å². The number of thioether (sulfide) groups is 1. The summed E-state index contributed by atoms with van der Waals surface area (Å²) in [5.41, 5.74) is 2.04. The number of carboxylic acid groups (broad SMARTS) is 1. The van der Waals surface area contributed by atoms with Gasteiger partial charge < -0.3 is 14.7 Å². The molecule has 0 spiro atoms. The van der Waals surface area contributed by atoms with Crippen LogP contribution in [-0.2, 0) is 16.2 Å². The van der Waals surface area contributed by atoms with Crippen molar-refractivity contribution in [1.29, 1.82) is 0 Å². The summed E-state index contributed by atoms with van der Waals surface area (Å²) in [5, 5.41) is 9.31. The third-order valence-corrected chi connectivity index (χ3v) is 6.73. The van der Waals surface area contributed by atoms with Crippen LogP contribution in [0.3, 0.4) is 0 Å². The average Bonchev–Trinajstić information content (AvgIpc) is 3.12. The number of ether oxygens (including phenoxy) is 1. The molecule has 0 bridgehead atoms. The van der Waals surface area contributed by atoms with Crippen molar-refractivity contribution < 1.29 is 19.4 Å². The van der Waals surface area contributed by atoms with Crippen LogP contribution in [0, 0.1) is 5.92 Å².